The Morgan fingerprint density at radius 2 is 1.66 bits per heavy atom. The van der Waals surface area contributed by atoms with E-state index < -0.39 is 34.3 Å². The zero-order chi connectivity index (χ0) is 29.4. The van der Waals surface area contributed by atoms with Gasteiger partial charge in [-0.1, -0.05) is 61.7 Å². The SMILES string of the molecule is COc1cccc(N(CC(=O)N(Cc2ccccc2F)[C@H](C)C(=O)NC2CCCCC2)S(=O)(=O)c2ccccc2)c1. The number of carbonyl (C=O) groups excluding carboxylic acids is 2. The number of halogens is 1. The van der Waals surface area contributed by atoms with Crippen LogP contribution in [0.2, 0.25) is 0 Å². The van der Waals surface area contributed by atoms with Crippen molar-refractivity contribution in [3.63, 3.8) is 0 Å². The average molecular weight is 582 g/mol. The second-order valence-corrected chi connectivity index (χ2v) is 12.0. The van der Waals surface area contributed by atoms with Crippen LogP contribution < -0.4 is 14.4 Å². The fraction of sp³-hybridized carbons (Fsp3) is 0.355. The van der Waals surface area contributed by atoms with E-state index in [1.807, 2.05) is 0 Å². The van der Waals surface area contributed by atoms with Crippen LogP contribution in [0, 0.1) is 5.82 Å². The number of amides is 2. The van der Waals surface area contributed by atoms with Crippen molar-refractivity contribution in [3.05, 3.63) is 90.2 Å². The van der Waals surface area contributed by atoms with Crippen molar-refractivity contribution in [2.24, 2.45) is 0 Å². The molecule has 8 nitrogen and oxygen atoms in total. The second kappa shape index (κ2) is 13.6. The summed E-state index contributed by atoms with van der Waals surface area (Å²) in [6.07, 6.45) is 4.88. The number of hydrogen-bond donors (Lipinski definition) is 1. The Labute approximate surface area is 241 Å². The van der Waals surface area contributed by atoms with Crippen LogP contribution in [0.5, 0.6) is 5.75 Å². The van der Waals surface area contributed by atoms with Crippen LogP contribution in [0.4, 0.5) is 10.1 Å². The number of rotatable bonds is 11. The van der Waals surface area contributed by atoms with E-state index in [1.54, 1.807) is 61.5 Å². The van der Waals surface area contributed by atoms with Crippen LogP contribution in [0.3, 0.4) is 0 Å². The van der Waals surface area contributed by atoms with Gasteiger partial charge in [0.05, 0.1) is 17.7 Å². The molecule has 1 N–H and O–H groups in total. The van der Waals surface area contributed by atoms with Crippen LogP contribution in [-0.2, 0) is 26.2 Å². The smallest absolute Gasteiger partial charge is 0.264 e. The lowest BCUT2D eigenvalue weighted by molar-refractivity contribution is -0.139. The molecule has 1 aliphatic carbocycles. The van der Waals surface area contributed by atoms with Crippen molar-refractivity contribution in [1.29, 1.82) is 0 Å². The van der Waals surface area contributed by atoms with E-state index in [2.05, 4.69) is 5.32 Å². The first kappa shape index (κ1) is 30.0. The van der Waals surface area contributed by atoms with Gasteiger partial charge < -0.3 is 15.0 Å². The normalized spacial score (nSPS) is 14.6. The van der Waals surface area contributed by atoms with Gasteiger partial charge in [-0.05, 0) is 50.1 Å². The third-order valence-electron chi connectivity index (χ3n) is 7.37. The molecule has 0 spiro atoms. The standard InChI is InChI=1S/C31H36FN3O5S/c1-23(31(37)33-25-13-5-3-6-14-25)34(21-24-12-9-10-19-29(24)32)30(36)22-35(26-15-11-16-27(20-26)40-2)41(38,39)28-17-7-4-8-18-28/h4,7-12,15-20,23,25H,3,5-6,13-14,21-22H2,1-2H3,(H,33,37)/t23-/m1/s1. The van der Waals surface area contributed by atoms with Gasteiger partial charge in [-0.3, -0.25) is 13.9 Å². The number of nitrogens with zero attached hydrogens (tertiary/aromatic N) is 2. The molecule has 0 heterocycles. The van der Waals surface area contributed by atoms with E-state index >= 15 is 0 Å². The molecule has 0 bridgehead atoms. The first-order chi connectivity index (χ1) is 19.7. The Bertz CT molecular complexity index is 1440. The quantitative estimate of drug-likeness (QED) is 0.348. The molecule has 1 fully saturated rings. The Kier molecular flexibility index (Phi) is 9.99. The molecule has 0 unspecified atom stereocenters. The monoisotopic (exact) mass is 581 g/mol. The number of methoxy groups -OCH3 is 1. The summed E-state index contributed by atoms with van der Waals surface area (Å²) >= 11 is 0. The number of benzene rings is 3. The molecule has 0 aliphatic heterocycles. The highest BCUT2D eigenvalue weighted by Crippen LogP contribution is 2.28. The van der Waals surface area contributed by atoms with Crippen molar-refractivity contribution >= 4 is 27.5 Å². The van der Waals surface area contributed by atoms with Gasteiger partial charge >= 0.3 is 0 Å². The maximum absolute atomic E-state index is 14.7. The first-order valence-electron chi connectivity index (χ1n) is 13.8. The summed E-state index contributed by atoms with van der Waals surface area (Å²) in [6, 6.07) is 19.2. The molecule has 10 heteroatoms. The Balaban J connectivity index is 1.69. The summed E-state index contributed by atoms with van der Waals surface area (Å²) in [5, 5.41) is 3.04. The topological polar surface area (TPSA) is 96.0 Å². The molecule has 41 heavy (non-hydrogen) atoms. The Morgan fingerprint density at radius 3 is 2.34 bits per heavy atom. The van der Waals surface area contributed by atoms with E-state index in [1.165, 1.54) is 36.3 Å². The minimum atomic E-state index is -4.20. The van der Waals surface area contributed by atoms with Gasteiger partial charge in [-0.2, -0.15) is 0 Å². The van der Waals surface area contributed by atoms with E-state index in [9.17, 15) is 22.4 Å². The zero-order valence-electron chi connectivity index (χ0n) is 23.3. The van der Waals surface area contributed by atoms with Crippen molar-refractivity contribution in [1.82, 2.24) is 10.2 Å². The van der Waals surface area contributed by atoms with Gasteiger partial charge in [-0.15, -0.1) is 0 Å². The lowest BCUT2D eigenvalue weighted by Crippen LogP contribution is -2.53. The third-order valence-corrected chi connectivity index (χ3v) is 9.16. The van der Waals surface area contributed by atoms with Crippen LogP contribution in [-0.4, -0.2) is 50.9 Å². The lowest BCUT2D eigenvalue weighted by Gasteiger charge is -2.33. The van der Waals surface area contributed by atoms with Gasteiger partial charge in [0.25, 0.3) is 10.0 Å². The molecule has 218 valence electrons. The van der Waals surface area contributed by atoms with Crippen molar-refractivity contribution in [2.75, 3.05) is 18.0 Å². The minimum Gasteiger partial charge on any atom is -0.497 e. The molecule has 0 saturated heterocycles. The molecule has 1 atom stereocenters. The second-order valence-electron chi connectivity index (χ2n) is 10.2. The predicted molar refractivity (Wildman–Crippen MR) is 155 cm³/mol. The molecule has 4 rings (SSSR count). The number of carbonyl (C=O) groups is 2. The highest BCUT2D eigenvalue weighted by atomic mass is 32.2. The highest BCUT2D eigenvalue weighted by molar-refractivity contribution is 7.92. The number of sulfonamides is 1. The molecule has 1 saturated carbocycles. The summed E-state index contributed by atoms with van der Waals surface area (Å²) in [7, 11) is -2.74. The van der Waals surface area contributed by atoms with Gasteiger partial charge in [0.1, 0.15) is 24.2 Å². The van der Waals surface area contributed by atoms with Crippen LogP contribution in [0.25, 0.3) is 0 Å². The number of anilines is 1. The largest absolute Gasteiger partial charge is 0.497 e. The molecule has 3 aromatic carbocycles. The number of ether oxygens (including phenoxy) is 1. The molecule has 1 aliphatic rings. The molecule has 3 aromatic rings. The number of hydrogen-bond acceptors (Lipinski definition) is 5. The predicted octanol–water partition coefficient (Wildman–Crippen LogP) is 4.90. The molecule has 2 amide bonds. The maximum Gasteiger partial charge on any atom is 0.264 e. The van der Waals surface area contributed by atoms with Crippen molar-refractivity contribution < 1.29 is 27.1 Å². The Hall–Kier alpha value is -3.92. The van der Waals surface area contributed by atoms with Gasteiger partial charge in [0, 0.05) is 24.2 Å². The van der Waals surface area contributed by atoms with E-state index in [-0.39, 0.29) is 34.6 Å². The van der Waals surface area contributed by atoms with Crippen molar-refractivity contribution in [3.8, 4) is 5.75 Å². The summed E-state index contributed by atoms with van der Waals surface area (Å²) in [5.74, 6) is -1.12. The first-order valence-corrected chi connectivity index (χ1v) is 15.2. The molecule has 0 aromatic heterocycles. The van der Waals surface area contributed by atoms with Crippen LogP contribution >= 0.6 is 0 Å². The van der Waals surface area contributed by atoms with Crippen molar-refractivity contribution in [2.45, 2.75) is 62.6 Å². The number of nitrogens with one attached hydrogen (secondary N) is 1. The van der Waals surface area contributed by atoms with E-state index in [4.69, 9.17) is 4.74 Å². The van der Waals surface area contributed by atoms with Gasteiger partial charge in [0.15, 0.2) is 0 Å². The molecular formula is C31H36FN3O5S. The van der Waals surface area contributed by atoms with Gasteiger partial charge in [-0.25, -0.2) is 12.8 Å². The van der Waals surface area contributed by atoms with Crippen LogP contribution in [0.1, 0.15) is 44.6 Å². The maximum atomic E-state index is 14.7. The zero-order valence-corrected chi connectivity index (χ0v) is 24.1. The summed E-state index contributed by atoms with van der Waals surface area (Å²) in [4.78, 5) is 28.6. The van der Waals surface area contributed by atoms with Crippen LogP contribution in [0.15, 0.2) is 83.8 Å². The highest BCUT2D eigenvalue weighted by Gasteiger charge is 2.33. The summed E-state index contributed by atoms with van der Waals surface area (Å²) in [6.45, 7) is 0.764. The van der Waals surface area contributed by atoms with E-state index in [0.717, 1.165) is 36.4 Å². The van der Waals surface area contributed by atoms with E-state index in [0.29, 0.717) is 5.75 Å². The molecule has 0 radical (unpaired) electrons. The summed E-state index contributed by atoms with van der Waals surface area (Å²) in [5.41, 5.74) is 0.434. The van der Waals surface area contributed by atoms with Gasteiger partial charge in [0.2, 0.25) is 11.8 Å². The average Bonchev–Trinajstić information content (AvgIpc) is 2.99. The minimum absolute atomic E-state index is 0.000589. The summed E-state index contributed by atoms with van der Waals surface area (Å²) < 4.78 is 48.7. The molecular weight excluding hydrogens is 545 g/mol. The fourth-order valence-electron chi connectivity index (χ4n) is 4.98. The third kappa shape index (κ3) is 7.43. The Morgan fingerprint density at radius 1 is 0.976 bits per heavy atom. The lowest BCUT2D eigenvalue weighted by atomic mass is 9.95. The fourth-order valence-corrected chi connectivity index (χ4v) is 6.40.